The smallest absolute Gasteiger partial charge is 0.0305 e. The van der Waals surface area contributed by atoms with Crippen molar-refractivity contribution >= 4 is 11.3 Å². The van der Waals surface area contributed by atoms with Crippen molar-refractivity contribution in [3.05, 3.63) is 21.4 Å². The third-order valence-electron chi connectivity index (χ3n) is 4.30. The second-order valence-corrected chi connectivity index (χ2v) is 7.28. The normalized spacial score (nSPS) is 23.3. The Bertz CT molecular complexity index is 399. The lowest BCUT2D eigenvalue weighted by atomic mass is 10.0. The second kappa shape index (κ2) is 6.87. The molecule has 1 aromatic rings. The predicted molar refractivity (Wildman–Crippen MR) is 85.1 cm³/mol. The maximum Gasteiger partial charge on any atom is 0.0305 e. The van der Waals surface area contributed by atoms with Crippen molar-refractivity contribution in [3.63, 3.8) is 0 Å². The summed E-state index contributed by atoms with van der Waals surface area (Å²) in [4.78, 5) is 5.48. The summed E-state index contributed by atoms with van der Waals surface area (Å²) in [5.74, 6) is 0. The van der Waals surface area contributed by atoms with Crippen LogP contribution in [0.4, 0.5) is 0 Å². The molecule has 0 aliphatic carbocycles. The summed E-state index contributed by atoms with van der Waals surface area (Å²) in [6, 6.07) is 3.53. The Hall–Kier alpha value is -0.380. The fourth-order valence-electron chi connectivity index (χ4n) is 3.16. The van der Waals surface area contributed by atoms with Crippen LogP contribution in [-0.4, -0.2) is 30.6 Å². The van der Waals surface area contributed by atoms with Gasteiger partial charge in [-0.25, -0.2) is 0 Å². The molecule has 0 bridgehead atoms. The number of hydrogen-bond donors (Lipinski definition) is 1. The van der Waals surface area contributed by atoms with E-state index in [1.165, 1.54) is 54.2 Å². The molecule has 2 nitrogen and oxygen atoms in total. The molecule has 1 fully saturated rings. The number of thiophene rings is 1. The van der Waals surface area contributed by atoms with Crippen LogP contribution in [0, 0.1) is 13.8 Å². The Morgan fingerprint density at radius 1 is 1.37 bits per heavy atom. The molecule has 0 saturated carbocycles. The standard InChI is InChI=1S/C16H28N2S/c1-5-18-9-6-7-15(8-10-18)17-13(3)16-11-12(2)19-14(16)4/h11,13,15,17H,5-10H2,1-4H3. The Labute approximate surface area is 122 Å². The molecule has 0 aromatic carbocycles. The van der Waals surface area contributed by atoms with E-state index < -0.39 is 0 Å². The minimum atomic E-state index is 0.489. The van der Waals surface area contributed by atoms with Gasteiger partial charge in [0.15, 0.2) is 0 Å². The summed E-state index contributed by atoms with van der Waals surface area (Å²) in [6.07, 6.45) is 3.95. The van der Waals surface area contributed by atoms with Crippen molar-refractivity contribution < 1.29 is 0 Å². The van der Waals surface area contributed by atoms with E-state index in [0.717, 1.165) is 0 Å². The van der Waals surface area contributed by atoms with Gasteiger partial charge in [0.1, 0.15) is 0 Å². The molecule has 1 N–H and O–H groups in total. The highest BCUT2D eigenvalue weighted by atomic mass is 32.1. The highest BCUT2D eigenvalue weighted by Gasteiger charge is 2.19. The molecule has 2 atom stereocenters. The van der Waals surface area contributed by atoms with Gasteiger partial charge in [0.25, 0.3) is 0 Å². The number of likely N-dealkylation sites (tertiary alicyclic amines) is 1. The lowest BCUT2D eigenvalue weighted by Crippen LogP contribution is -2.33. The largest absolute Gasteiger partial charge is 0.307 e. The Kier molecular flexibility index (Phi) is 5.43. The molecule has 1 aromatic heterocycles. The van der Waals surface area contributed by atoms with E-state index in [1.54, 1.807) is 0 Å². The van der Waals surface area contributed by atoms with Gasteiger partial charge < -0.3 is 10.2 Å². The zero-order valence-electron chi connectivity index (χ0n) is 12.8. The highest BCUT2D eigenvalue weighted by molar-refractivity contribution is 7.12. The number of rotatable bonds is 4. The van der Waals surface area contributed by atoms with Crippen molar-refractivity contribution in [3.8, 4) is 0 Å². The molecule has 0 spiro atoms. The van der Waals surface area contributed by atoms with Crippen LogP contribution in [0.3, 0.4) is 0 Å². The first-order chi connectivity index (χ1) is 9.10. The number of hydrogen-bond acceptors (Lipinski definition) is 3. The topological polar surface area (TPSA) is 15.3 Å². The van der Waals surface area contributed by atoms with Crippen molar-refractivity contribution in [2.24, 2.45) is 0 Å². The molecule has 1 aliphatic heterocycles. The number of nitrogens with zero attached hydrogens (tertiary/aromatic N) is 1. The van der Waals surface area contributed by atoms with Gasteiger partial charge in [0, 0.05) is 21.8 Å². The summed E-state index contributed by atoms with van der Waals surface area (Å²) in [5, 5.41) is 3.85. The summed E-state index contributed by atoms with van der Waals surface area (Å²) in [7, 11) is 0. The maximum absolute atomic E-state index is 3.85. The molecule has 19 heavy (non-hydrogen) atoms. The van der Waals surface area contributed by atoms with E-state index in [0.29, 0.717) is 12.1 Å². The maximum atomic E-state index is 3.85. The van der Waals surface area contributed by atoms with Gasteiger partial charge in [-0.1, -0.05) is 6.92 Å². The first-order valence-corrected chi connectivity index (χ1v) is 8.47. The predicted octanol–water partition coefficient (Wildman–Crippen LogP) is 3.89. The van der Waals surface area contributed by atoms with Gasteiger partial charge in [-0.05, 0) is 71.3 Å². The summed E-state index contributed by atoms with van der Waals surface area (Å²) in [6.45, 7) is 12.8. The van der Waals surface area contributed by atoms with Gasteiger partial charge in [-0.3, -0.25) is 0 Å². The molecule has 1 aliphatic rings. The molecule has 1 saturated heterocycles. The van der Waals surface area contributed by atoms with Crippen LogP contribution in [-0.2, 0) is 0 Å². The summed E-state index contributed by atoms with van der Waals surface area (Å²) < 4.78 is 0. The fraction of sp³-hybridized carbons (Fsp3) is 0.750. The zero-order chi connectivity index (χ0) is 13.8. The highest BCUT2D eigenvalue weighted by Crippen LogP contribution is 2.27. The molecule has 3 heteroatoms. The van der Waals surface area contributed by atoms with Crippen LogP contribution < -0.4 is 5.32 Å². The van der Waals surface area contributed by atoms with Crippen molar-refractivity contribution in [2.75, 3.05) is 19.6 Å². The van der Waals surface area contributed by atoms with Crippen LogP contribution >= 0.6 is 11.3 Å². The van der Waals surface area contributed by atoms with E-state index in [9.17, 15) is 0 Å². The molecule has 0 amide bonds. The van der Waals surface area contributed by atoms with E-state index in [4.69, 9.17) is 0 Å². The summed E-state index contributed by atoms with van der Waals surface area (Å²) >= 11 is 1.92. The van der Waals surface area contributed by atoms with Gasteiger partial charge in [0.05, 0.1) is 0 Å². The minimum Gasteiger partial charge on any atom is -0.307 e. The average molecular weight is 280 g/mol. The fourth-order valence-corrected chi connectivity index (χ4v) is 4.18. The van der Waals surface area contributed by atoms with E-state index >= 15 is 0 Å². The molecule has 2 rings (SSSR count). The molecule has 2 unspecified atom stereocenters. The Morgan fingerprint density at radius 3 is 2.79 bits per heavy atom. The van der Waals surface area contributed by atoms with Crippen molar-refractivity contribution in [1.82, 2.24) is 10.2 Å². The van der Waals surface area contributed by atoms with Crippen LogP contribution in [0.1, 0.15) is 54.5 Å². The lowest BCUT2D eigenvalue weighted by molar-refractivity contribution is 0.295. The van der Waals surface area contributed by atoms with Crippen molar-refractivity contribution in [1.29, 1.82) is 0 Å². The first kappa shape index (κ1) is 15.0. The van der Waals surface area contributed by atoms with Crippen LogP contribution in [0.2, 0.25) is 0 Å². The molecule has 0 radical (unpaired) electrons. The molecular formula is C16H28N2S. The van der Waals surface area contributed by atoms with Crippen LogP contribution in [0.5, 0.6) is 0 Å². The van der Waals surface area contributed by atoms with Gasteiger partial charge in [0.2, 0.25) is 0 Å². The average Bonchev–Trinajstić information content (AvgIpc) is 2.60. The van der Waals surface area contributed by atoms with E-state index in [-0.39, 0.29) is 0 Å². The number of nitrogens with one attached hydrogen (secondary N) is 1. The Balaban J connectivity index is 1.91. The summed E-state index contributed by atoms with van der Waals surface area (Å²) in [5.41, 5.74) is 1.50. The molecular weight excluding hydrogens is 252 g/mol. The van der Waals surface area contributed by atoms with Gasteiger partial charge >= 0.3 is 0 Å². The van der Waals surface area contributed by atoms with Crippen LogP contribution in [0.25, 0.3) is 0 Å². The second-order valence-electron chi connectivity index (χ2n) is 5.82. The third-order valence-corrected chi connectivity index (χ3v) is 5.28. The zero-order valence-corrected chi connectivity index (χ0v) is 13.6. The monoisotopic (exact) mass is 280 g/mol. The number of aryl methyl sites for hydroxylation is 2. The first-order valence-electron chi connectivity index (χ1n) is 7.65. The molecule has 108 valence electrons. The SMILES string of the molecule is CCN1CCCC(NC(C)c2cc(C)sc2C)CC1. The molecule has 2 heterocycles. The Morgan fingerprint density at radius 2 is 2.16 bits per heavy atom. The van der Waals surface area contributed by atoms with E-state index in [2.05, 4.69) is 44.0 Å². The van der Waals surface area contributed by atoms with Gasteiger partial charge in [-0.2, -0.15) is 0 Å². The van der Waals surface area contributed by atoms with Crippen LogP contribution in [0.15, 0.2) is 6.07 Å². The quantitative estimate of drug-likeness (QED) is 0.900. The lowest BCUT2D eigenvalue weighted by Gasteiger charge is -2.22. The third kappa shape index (κ3) is 4.04. The van der Waals surface area contributed by atoms with E-state index in [1.807, 2.05) is 11.3 Å². The van der Waals surface area contributed by atoms with Crippen molar-refractivity contribution in [2.45, 2.75) is 59.0 Å². The van der Waals surface area contributed by atoms with Gasteiger partial charge in [-0.15, -0.1) is 11.3 Å². The minimum absolute atomic E-state index is 0.489.